The maximum absolute atomic E-state index is 13.5. The minimum absolute atomic E-state index is 0.0697. The van der Waals surface area contributed by atoms with Gasteiger partial charge in [-0.1, -0.05) is 53.5 Å². The number of rotatable bonds is 2. The quantitative estimate of drug-likeness (QED) is 0.652. The number of aromatic nitrogens is 2. The SMILES string of the molecule is Fc1cc(-n2nc(-c3ccccc3)cc2Cl)ccc1Cl. The highest BCUT2D eigenvalue weighted by Gasteiger charge is 2.11. The first-order valence-corrected chi connectivity index (χ1v) is 6.67. The Balaban J connectivity index is 2.07. The summed E-state index contributed by atoms with van der Waals surface area (Å²) in [6, 6.07) is 15.8. The molecule has 0 saturated carbocycles. The molecule has 1 heterocycles. The Labute approximate surface area is 125 Å². The van der Waals surface area contributed by atoms with E-state index in [9.17, 15) is 4.39 Å². The van der Waals surface area contributed by atoms with Gasteiger partial charge in [-0.15, -0.1) is 0 Å². The van der Waals surface area contributed by atoms with Crippen molar-refractivity contribution in [3.63, 3.8) is 0 Å². The molecular weight excluding hydrogens is 298 g/mol. The van der Waals surface area contributed by atoms with Crippen molar-refractivity contribution in [1.29, 1.82) is 0 Å². The van der Waals surface area contributed by atoms with Crippen LogP contribution >= 0.6 is 23.2 Å². The van der Waals surface area contributed by atoms with Crippen molar-refractivity contribution >= 4 is 23.2 Å². The molecule has 100 valence electrons. The summed E-state index contributed by atoms with van der Waals surface area (Å²) < 4.78 is 15.0. The van der Waals surface area contributed by atoms with Crippen molar-refractivity contribution in [2.75, 3.05) is 0 Å². The largest absolute Gasteiger partial charge is 0.221 e. The van der Waals surface area contributed by atoms with E-state index in [0.717, 1.165) is 11.3 Å². The van der Waals surface area contributed by atoms with Gasteiger partial charge >= 0.3 is 0 Å². The predicted octanol–water partition coefficient (Wildman–Crippen LogP) is 4.99. The second kappa shape index (κ2) is 5.27. The van der Waals surface area contributed by atoms with Crippen LogP contribution in [0.25, 0.3) is 16.9 Å². The first kappa shape index (κ1) is 13.2. The zero-order valence-electron chi connectivity index (χ0n) is 10.2. The van der Waals surface area contributed by atoms with Gasteiger partial charge in [0.25, 0.3) is 0 Å². The van der Waals surface area contributed by atoms with E-state index in [-0.39, 0.29) is 5.02 Å². The van der Waals surface area contributed by atoms with E-state index in [1.807, 2.05) is 30.3 Å². The molecule has 0 atom stereocenters. The van der Waals surface area contributed by atoms with Crippen LogP contribution in [0.15, 0.2) is 54.6 Å². The highest BCUT2D eigenvalue weighted by molar-refractivity contribution is 6.31. The summed E-state index contributed by atoms with van der Waals surface area (Å²) in [5.74, 6) is -0.503. The van der Waals surface area contributed by atoms with E-state index in [0.29, 0.717) is 10.8 Å². The minimum atomic E-state index is -0.503. The van der Waals surface area contributed by atoms with Gasteiger partial charge in [-0.3, -0.25) is 0 Å². The van der Waals surface area contributed by atoms with Crippen molar-refractivity contribution in [2.45, 2.75) is 0 Å². The molecule has 20 heavy (non-hydrogen) atoms. The zero-order chi connectivity index (χ0) is 14.1. The van der Waals surface area contributed by atoms with Crippen LogP contribution in [0.1, 0.15) is 0 Å². The molecule has 2 aromatic carbocycles. The molecule has 0 aliphatic heterocycles. The van der Waals surface area contributed by atoms with Crippen molar-refractivity contribution in [2.24, 2.45) is 0 Å². The van der Waals surface area contributed by atoms with Crippen molar-refractivity contribution < 1.29 is 4.39 Å². The Morgan fingerprint density at radius 2 is 1.70 bits per heavy atom. The van der Waals surface area contributed by atoms with E-state index in [1.165, 1.54) is 16.8 Å². The molecule has 0 aliphatic carbocycles. The smallest absolute Gasteiger partial charge is 0.143 e. The van der Waals surface area contributed by atoms with Crippen LogP contribution in [0.4, 0.5) is 4.39 Å². The average Bonchev–Trinajstić information content (AvgIpc) is 2.85. The van der Waals surface area contributed by atoms with Crippen molar-refractivity contribution in [1.82, 2.24) is 9.78 Å². The van der Waals surface area contributed by atoms with Gasteiger partial charge in [-0.05, 0) is 12.1 Å². The van der Waals surface area contributed by atoms with Crippen LogP contribution in [0, 0.1) is 5.82 Å². The van der Waals surface area contributed by atoms with Crippen LogP contribution in [0.3, 0.4) is 0 Å². The summed E-state index contributed by atoms with van der Waals surface area (Å²) in [5.41, 5.74) is 2.20. The van der Waals surface area contributed by atoms with E-state index < -0.39 is 5.82 Å². The maximum atomic E-state index is 13.5. The number of benzene rings is 2. The lowest BCUT2D eigenvalue weighted by molar-refractivity contribution is 0.626. The summed E-state index contributed by atoms with van der Waals surface area (Å²) in [7, 11) is 0. The Hall–Kier alpha value is -1.84. The molecule has 5 heteroatoms. The third-order valence-corrected chi connectivity index (χ3v) is 3.46. The fraction of sp³-hybridized carbons (Fsp3) is 0. The fourth-order valence-corrected chi connectivity index (χ4v) is 2.26. The first-order chi connectivity index (χ1) is 9.65. The van der Waals surface area contributed by atoms with E-state index in [4.69, 9.17) is 23.2 Å². The van der Waals surface area contributed by atoms with Crippen LogP contribution < -0.4 is 0 Å². The number of nitrogens with zero attached hydrogens (tertiary/aromatic N) is 2. The lowest BCUT2D eigenvalue weighted by Crippen LogP contribution is -1.97. The fourth-order valence-electron chi connectivity index (χ4n) is 1.91. The Morgan fingerprint density at radius 1 is 0.950 bits per heavy atom. The summed E-state index contributed by atoms with van der Waals surface area (Å²) in [4.78, 5) is 0. The van der Waals surface area contributed by atoms with Gasteiger partial charge in [0.2, 0.25) is 0 Å². The molecule has 0 saturated heterocycles. The molecule has 0 radical (unpaired) electrons. The topological polar surface area (TPSA) is 17.8 Å². The van der Waals surface area contributed by atoms with E-state index in [2.05, 4.69) is 5.10 Å². The molecule has 0 spiro atoms. The van der Waals surface area contributed by atoms with Gasteiger partial charge in [0.15, 0.2) is 0 Å². The molecule has 0 bridgehead atoms. The summed E-state index contributed by atoms with van der Waals surface area (Å²) in [6.45, 7) is 0. The number of hydrogen-bond donors (Lipinski definition) is 0. The molecule has 3 aromatic rings. The summed E-state index contributed by atoms with van der Waals surface area (Å²) in [6.07, 6.45) is 0. The first-order valence-electron chi connectivity index (χ1n) is 5.91. The van der Waals surface area contributed by atoms with Crippen LogP contribution in [0.2, 0.25) is 10.2 Å². The molecule has 0 fully saturated rings. The molecule has 2 nitrogen and oxygen atoms in total. The third kappa shape index (κ3) is 2.42. The van der Waals surface area contributed by atoms with Gasteiger partial charge in [0.05, 0.1) is 16.4 Å². The molecule has 0 N–H and O–H groups in total. The number of halogens is 3. The Morgan fingerprint density at radius 3 is 2.40 bits per heavy atom. The minimum Gasteiger partial charge on any atom is -0.221 e. The summed E-state index contributed by atoms with van der Waals surface area (Å²) in [5, 5.41) is 4.87. The molecule has 0 aliphatic rings. The van der Waals surface area contributed by atoms with E-state index in [1.54, 1.807) is 12.1 Å². The molecule has 3 rings (SSSR count). The normalized spacial score (nSPS) is 10.8. The number of hydrogen-bond acceptors (Lipinski definition) is 1. The van der Waals surface area contributed by atoms with E-state index >= 15 is 0 Å². The molecule has 1 aromatic heterocycles. The van der Waals surface area contributed by atoms with Gasteiger partial charge in [0, 0.05) is 17.7 Å². The van der Waals surface area contributed by atoms with Gasteiger partial charge < -0.3 is 0 Å². The highest BCUT2D eigenvalue weighted by atomic mass is 35.5. The van der Waals surface area contributed by atoms with Crippen molar-refractivity contribution in [3.05, 3.63) is 70.6 Å². The van der Waals surface area contributed by atoms with Crippen molar-refractivity contribution in [3.8, 4) is 16.9 Å². The predicted molar refractivity (Wildman–Crippen MR) is 79.0 cm³/mol. The van der Waals surface area contributed by atoms with Gasteiger partial charge in [-0.25, -0.2) is 9.07 Å². The molecular formula is C15H9Cl2FN2. The standard InChI is InChI=1S/C15H9Cl2FN2/c16-12-7-6-11(8-13(12)18)20-15(17)9-14(19-20)10-4-2-1-3-5-10/h1-9H. The summed E-state index contributed by atoms with van der Waals surface area (Å²) >= 11 is 11.8. The average molecular weight is 307 g/mol. The van der Waals surface area contributed by atoms with Gasteiger partial charge in [-0.2, -0.15) is 5.10 Å². The van der Waals surface area contributed by atoms with Gasteiger partial charge in [0.1, 0.15) is 11.0 Å². The lowest BCUT2D eigenvalue weighted by atomic mass is 10.2. The maximum Gasteiger partial charge on any atom is 0.143 e. The highest BCUT2D eigenvalue weighted by Crippen LogP contribution is 2.26. The monoisotopic (exact) mass is 306 g/mol. The van der Waals surface area contributed by atoms with Crippen LogP contribution in [-0.4, -0.2) is 9.78 Å². The van der Waals surface area contributed by atoms with Crippen LogP contribution in [-0.2, 0) is 0 Å². The molecule has 0 unspecified atom stereocenters. The lowest BCUT2D eigenvalue weighted by Gasteiger charge is -2.03. The zero-order valence-corrected chi connectivity index (χ0v) is 11.7. The van der Waals surface area contributed by atoms with Crippen LogP contribution in [0.5, 0.6) is 0 Å². The second-order valence-electron chi connectivity index (χ2n) is 4.23. The second-order valence-corrected chi connectivity index (χ2v) is 5.02. The third-order valence-electron chi connectivity index (χ3n) is 2.88. The molecule has 0 amide bonds. The Bertz CT molecular complexity index is 754. The Kier molecular flexibility index (Phi) is 3.47.